The molecule has 0 N–H and O–H groups in total. The fourth-order valence-corrected chi connectivity index (χ4v) is 3.48. The molecule has 0 aromatic heterocycles. The molecule has 0 aliphatic heterocycles. The maximum atomic E-state index is 12.5. The molecule has 4 nitrogen and oxygen atoms in total. The summed E-state index contributed by atoms with van der Waals surface area (Å²) < 4.78 is 5.08. The van der Waals surface area contributed by atoms with Gasteiger partial charge in [0, 0.05) is 24.3 Å². The molecular formula is C21H19ClO4. The highest BCUT2D eigenvalue weighted by atomic mass is 35.5. The Hall–Kier alpha value is -2.46. The number of carbonyl (C=O) groups excluding carboxylic acids is 3. The van der Waals surface area contributed by atoms with Crippen LogP contribution in [0, 0.1) is 5.92 Å². The van der Waals surface area contributed by atoms with Crippen molar-refractivity contribution in [3.63, 3.8) is 0 Å². The molecule has 1 aliphatic rings. The van der Waals surface area contributed by atoms with E-state index in [1.54, 1.807) is 43.5 Å². The number of halogens is 1. The first-order valence-corrected chi connectivity index (χ1v) is 8.82. The molecule has 0 bridgehead atoms. The van der Waals surface area contributed by atoms with Gasteiger partial charge in [0.2, 0.25) is 0 Å². The fraction of sp³-hybridized carbons (Fsp3) is 0.286. The molecule has 3 rings (SSSR count). The van der Waals surface area contributed by atoms with Crippen molar-refractivity contribution in [3.05, 3.63) is 64.7 Å². The molecule has 0 amide bonds. The van der Waals surface area contributed by atoms with Gasteiger partial charge in [0.05, 0.1) is 7.11 Å². The highest BCUT2D eigenvalue weighted by Crippen LogP contribution is 2.33. The molecule has 134 valence electrons. The number of benzene rings is 2. The standard InChI is InChI=1S/C21H19ClO4/c1-26-17-8-2-13(3-9-17)10-18(23)21-19(24)11-15(12-20(21)25)14-4-6-16(22)7-5-14/h2-9,15,21H,10-12H2,1H3. The van der Waals surface area contributed by atoms with Crippen LogP contribution in [-0.2, 0) is 20.8 Å². The number of methoxy groups -OCH3 is 1. The van der Waals surface area contributed by atoms with Crippen LogP contribution in [0.1, 0.15) is 29.9 Å². The molecule has 0 unspecified atom stereocenters. The highest BCUT2D eigenvalue weighted by molar-refractivity contribution is 6.30. The molecule has 0 atom stereocenters. The average Bonchev–Trinajstić information content (AvgIpc) is 2.62. The smallest absolute Gasteiger partial charge is 0.155 e. The first-order valence-electron chi connectivity index (χ1n) is 8.44. The Labute approximate surface area is 157 Å². The lowest BCUT2D eigenvalue weighted by Crippen LogP contribution is -2.38. The second-order valence-corrected chi connectivity index (χ2v) is 6.95. The number of rotatable bonds is 5. The van der Waals surface area contributed by atoms with E-state index in [1.165, 1.54) is 0 Å². The van der Waals surface area contributed by atoms with E-state index < -0.39 is 5.92 Å². The summed E-state index contributed by atoms with van der Waals surface area (Å²) in [5.41, 5.74) is 1.66. The number of hydrogen-bond acceptors (Lipinski definition) is 4. The predicted octanol–water partition coefficient (Wildman–Crippen LogP) is 3.79. The second kappa shape index (κ2) is 7.83. The summed E-state index contributed by atoms with van der Waals surface area (Å²) in [5.74, 6) is -1.55. The molecule has 1 fully saturated rings. The highest BCUT2D eigenvalue weighted by Gasteiger charge is 2.40. The van der Waals surface area contributed by atoms with Crippen LogP contribution in [0.15, 0.2) is 48.5 Å². The zero-order valence-electron chi connectivity index (χ0n) is 14.4. The topological polar surface area (TPSA) is 60.4 Å². The summed E-state index contributed by atoms with van der Waals surface area (Å²) in [6.07, 6.45) is 0.469. The van der Waals surface area contributed by atoms with E-state index in [2.05, 4.69) is 0 Å². The summed E-state index contributed by atoms with van der Waals surface area (Å²) in [4.78, 5) is 37.5. The monoisotopic (exact) mass is 370 g/mol. The minimum atomic E-state index is -1.14. The molecule has 2 aromatic rings. The fourth-order valence-electron chi connectivity index (χ4n) is 3.35. The second-order valence-electron chi connectivity index (χ2n) is 6.51. The third-order valence-corrected chi connectivity index (χ3v) is 4.99. The van der Waals surface area contributed by atoms with Gasteiger partial charge in [-0.1, -0.05) is 35.9 Å². The zero-order valence-corrected chi connectivity index (χ0v) is 15.2. The van der Waals surface area contributed by atoms with E-state index in [4.69, 9.17) is 16.3 Å². The van der Waals surface area contributed by atoms with Crippen molar-refractivity contribution in [3.8, 4) is 5.75 Å². The van der Waals surface area contributed by atoms with Gasteiger partial charge < -0.3 is 4.74 Å². The summed E-state index contributed by atoms with van der Waals surface area (Å²) in [6.45, 7) is 0. The maximum Gasteiger partial charge on any atom is 0.155 e. The Morgan fingerprint density at radius 1 is 1.00 bits per heavy atom. The van der Waals surface area contributed by atoms with Crippen LogP contribution in [0.25, 0.3) is 0 Å². The number of ether oxygens (including phenoxy) is 1. The minimum absolute atomic E-state index is 0.0672. The molecule has 1 aliphatic carbocycles. The van der Waals surface area contributed by atoms with Crippen molar-refractivity contribution in [2.24, 2.45) is 5.92 Å². The van der Waals surface area contributed by atoms with Crippen LogP contribution < -0.4 is 4.74 Å². The van der Waals surface area contributed by atoms with Crippen molar-refractivity contribution in [1.82, 2.24) is 0 Å². The predicted molar refractivity (Wildman–Crippen MR) is 98.6 cm³/mol. The molecule has 0 saturated heterocycles. The van der Waals surface area contributed by atoms with Crippen molar-refractivity contribution in [2.45, 2.75) is 25.2 Å². The Kier molecular flexibility index (Phi) is 5.52. The van der Waals surface area contributed by atoms with Crippen molar-refractivity contribution < 1.29 is 19.1 Å². The molecule has 2 aromatic carbocycles. The Balaban J connectivity index is 1.69. The van der Waals surface area contributed by atoms with Crippen LogP contribution in [0.4, 0.5) is 0 Å². The SMILES string of the molecule is COc1ccc(CC(=O)C2C(=O)CC(c3ccc(Cl)cc3)CC2=O)cc1. The van der Waals surface area contributed by atoms with Crippen LogP contribution in [0.5, 0.6) is 5.75 Å². The van der Waals surface area contributed by atoms with E-state index in [0.29, 0.717) is 10.8 Å². The molecule has 0 heterocycles. The Morgan fingerprint density at radius 2 is 1.58 bits per heavy atom. The lowest BCUT2D eigenvalue weighted by atomic mass is 9.74. The lowest BCUT2D eigenvalue weighted by molar-refractivity contribution is -0.142. The third-order valence-electron chi connectivity index (χ3n) is 4.74. The van der Waals surface area contributed by atoms with Gasteiger partial charge in [-0.2, -0.15) is 0 Å². The van der Waals surface area contributed by atoms with Crippen molar-refractivity contribution in [1.29, 1.82) is 0 Å². The van der Waals surface area contributed by atoms with Crippen LogP contribution in [0.3, 0.4) is 0 Å². The van der Waals surface area contributed by atoms with E-state index >= 15 is 0 Å². The molecule has 5 heteroatoms. The molecular weight excluding hydrogens is 352 g/mol. The van der Waals surface area contributed by atoms with E-state index in [1.807, 2.05) is 12.1 Å². The quantitative estimate of drug-likeness (QED) is 0.751. The average molecular weight is 371 g/mol. The van der Waals surface area contributed by atoms with Gasteiger partial charge in [-0.25, -0.2) is 0 Å². The number of ketones is 3. The van der Waals surface area contributed by atoms with Crippen molar-refractivity contribution in [2.75, 3.05) is 7.11 Å². The van der Waals surface area contributed by atoms with Crippen LogP contribution in [0.2, 0.25) is 5.02 Å². The van der Waals surface area contributed by atoms with Gasteiger partial charge in [0.25, 0.3) is 0 Å². The Bertz CT molecular complexity index is 806. The largest absolute Gasteiger partial charge is 0.497 e. The van der Waals surface area contributed by atoms with Crippen LogP contribution >= 0.6 is 11.6 Å². The molecule has 26 heavy (non-hydrogen) atoms. The van der Waals surface area contributed by atoms with E-state index in [0.717, 1.165) is 11.1 Å². The maximum absolute atomic E-state index is 12.5. The van der Waals surface area contributed by atoms with Gasteiger partial charge in [-0.05, 0) is 41.3 Å². The Morgan fingerprint density at radius 3 is 2.12 bits per heavy atom. The summed E-state index contributed by atoms with van der Waals surface area (Å²) >= 11 is 5.88. The summed E-state index contributed by atoms with van der Waals surface area (Å²) in [6, 6.07) is 14.2. The summed E-state index contributed by atoms with van der Waals surface area (Å²) in [7, 11) is 1.57. The van der Waals surface area contributed by atoms with Gasteiger partial charge in [-0.15, -0.1) is 0 Å². The molecule has 0 spiro atoms. The van der Waals surface area contributed by atoms with E-state index in [-0.39, 0.29) is 42.5 Å². The summed E-state index contributed by atoms with van der Waals surface area (Å²) in [5, 5.41) is 0.606. The first kappa shape index (κ1) is 18.3. The first-order chi connectivity index (χ1) is 12.5. The normalized spacial score (nSPS) is 20.1. The third kappa shape index (κ3) is 4.02. The van der Waals surface area contributed by atoms with Crippen LogP contribution in [-0.4, -0.2) is 24.5 Å². The van der Waals surface area contributed by atoms with Gasteiger partial charge in [0.1, 0.15) is 11.7 Å². The van der Waals surface area contributed by atoms with Crippen molar-refractivity contribution >= 4 is 29.0 Å². The van der Waals surface area contributed by atoms with Gasteiger partial charge in [0.15, 0.2) is 17.3 Å². The number of Topliss-reactive ketones (excluding diaryl/α,β-unsaturated/α-hetero) is 3. The van der Waals surface area contributed by atoms with Gasteiger partial charge >= 0.3 is 0 Å². The zero-order chi connectivity index (χ0) is 18.7. The number of carbonyl (C=O) groups is 3. The lowest BCUT2D eigenvalue weighted by Gasteiger charge is -2.26. The number of hydrogen-bond donors (Lipinski definition) is 0. The minimum Gasteiger partial charge on any atom is -0.497 e. The molecule has 0 radical (unpaired) electrons. The molecule has 1 saturated carbocycles. The van der Waals surface area contributed by atoms with Gasteiger partial charge in [-0.3, -0.25) is 14.4 Å². The van der Waals surface area contributed by atoms with E-state index in [9.17, 15) is 14.4 Å².